The van der Waals surface area contributed by atoms with Gasteiger partial charge < -0.3 is 10.0 Å². The molecular weight excluding hydrogens is 298 g/mol. The van der Waals surface area contributed by atoms with Gasteiger partial charge in [0.1, 0.15) is 0 Å². The van der Waals surface area contributed by atoms with Crippen LogP contribution in [0.5, 0.6) is 0 Å². The van der Waals surface area contributed by atoms with Gasteiger partial charge in [-0.15, -0.1) is 18.2 Å². The fourth-order valence-corrected chi connectivity index (χ4v) is 2.65. The van der Waals surface area contributed by atoms with Gasteiger partial charge in [0.15, 0.2) is 0 Å². The van der Waals surface area contributed by atoms with Gasteiger partial charge in [0.05, 0.1) is 12.1 Å². The number of hydrogen-bond donors (Lipinski definition) is 1. The van der Waals surface area contributed by atoms with Crippen LogP contribution in [0.2, 0.25) is 0 Å². The van der Waals surface area contributed by atoms with E-state index in [0.29, 0.717) is 12.3 Å². The largest absolute Gasteiger partial charge is 0.386 e. The highest BCUT2D eigenvalue weighted by molar-refractivity contribution is 6.17. The lowest BCUT2D eigenvalue weighted by atomic mass is 9.96. The van der Waals surface area contributed by atoms with Gasteiger partial charge in [-0.25, -0.2) is 0 Å². The predicted molar refractivity (Wildman–Crippen MR) is 91.9 cm³/mol. The molecule has 3 atom stereocenters. The molecule has 1 unspecified atom stereocenters. The third kappa shape index (κ3) is 5.15. The number of likely N-dealkylation sites (N-methyl/N-ethyl adjacent to an activating group) is 1. The number of benzene rings is 1. The van der Waals surface area contributed by atoms with Crippen molar-refractivity contribution in [3.63, 3.8) is 0 Å². The van der Waals surface area contributed by atoms with E-state index in [4.69, 9.17) is 11.6 Å². The predicted octanol–water partition coefficient (Wildman–Crippen LogP) is 3.78. The van der Waals surface area contributed by atoms with E-state index in [1.54, 1.807) is 18.0 Å². The molecule has 1 aromatic rings. The molecule has 0 aliphatic rings. The van der Waals surface area contributed by atoms with Crippen molar-refractivity contribution in [3.05, 3.63) is 48.6 Å². The number of aliphatic hydroxyl groups excluding tert-OH is 1. The standard InChI is InChI=1S/C18H26ClNO2/c1-4-9-16(12-8-13-19)18(22)20(3)14(2)17(21)15-10-6-5-7-11-15/h4-7,10-11,14,16-17,21H,1,8-9,12-13H2,2-3H3/t14-,16-,17?/m1/s1. The molecule has 22 heavy (non-hydrogen) atoms. The topological polar surface area (TPSA) is 40.5 Å². The van der Waals surface area contributed by atoms with Crippen LogP contribution in [0.15, 0.2) is 43.0 Å². The average Bonchev–Trinajstić information content (AvgIpc) is 2.56. The Morgan fingerprint density at radius 2 is 2.05 bits per heavy atom. The summed E-state index contributed by atoms with van der Waals surface area (Å²) in [5.74, 6) is 0.464. The van der Waals surface area contributed by atoms with Crippen molar-refractivity contribution in [1.29, 1.82) is 0 Å². The van der Waals surface area contributed by atoms with Gasteiger partial charge in [-0.1, -0.05) is 36.4 Å². The first kappa shape index (κ1) is 18.7. The van der Waals surface area contributed by atoms with E-state index in [9.17, 15) is 9.90 Å². The van der Waals surface area contributed by atoms with E-state index in [-0.39, 0.29) is 17.9 Å². The molecule has 0 heterocycles. The Bertz CT molecular complexity index is 463. The zero-order valence-electron chi connectivity index (χ0n) is 13.4. The fourth-order valence-electron chi connectivity index (χ4n) is 2.50. The van der Waals surface area contributed by atoms with Gasteiger partial charge in [0.25, 0.3) is 0 Å². The first-order chi connectivity index (χ1) is 10.5. The minimum absolute atomic E-state index is 0.0347. The Kier molecular flexibility index (Phi) is 8.21. The summed E-state index contributed by atoms with van der Waals surface area (Å²) in [7, 11) is 1.75. The molecule has 0 fully saturated rings. The lowest BCUT2D eigenvalue weighted by Gasteiger charge is -2.32. The highest BCUT2D eigenvalue weighted by Crippen LogP contribution is 2.23. The second-order valence-electron chi connectivity index (χ2n) is 5.60. The normalized spacial score (nSPS) is 14.9. The maximum absolute atomic E-state index is 12.6. The molecule has 4 heteroatoms. The van der Waals surface area contributed by atoms with Gasteiger partial charge in [-0.3, -0.25) is 4.79 Å². The molecule has 0 saturated carbocycles. The zero-order chi connectivity index (χ0) is 16.5. The third-order valence-electron chi connectivity index (χ3n) is 4.04. The quantitative estimate of drug-likeness (QED) is 0.555. The molecule has 0 bridgehead atoms. The van der Waals surface area contributed by atoms with Crippen molar-refractivity contribution in [2.24, 2.45) is 5.92 Å². The van der Waals surface area contributed by atoms with Gasteiger partial charge in [0.2, 0.25) is 5.91 Å². The van der Waals surface area contributed by atoms with Gasteiger partial charge in [0, 0.05) is 18.8 Å². The van der Waals surface area contributed by atoms with E-state index in [2.05, 4.69) is 6.58 Å². The second-order valence-corrected chi connectivity index (χ2v) is 5.98. The lowest BCUT2D eigenvalue weighted by molar-refractivity contribution is -0.138. The molecular formula is C18H26ClNO2. The second kappa shape index (κ2) is 9.65. The van der Waals surface area contributed by atoms with Crippen LogP contribution in [0, 0.1) is 5.92 Å². The number of rotatable bonds is 9. The number of alkyl halides is 1. The Morgan fingerprint density at radius 3 is 2.59 bits per heavy atom. The molecule has 0 aliphatic heterocycles. The summed E-state index contributed by atoms with van der Waals surface area (Å²) in [6, 6.07) is 9.12. The number of allylic oxidation sites excluding steroid dienone is 1. The lowest BCUT2D eigenvalue weighted by Crippen LogP contribution is -2.42. The highest BCUT2D eigenvalue weighted by Gasteiger charge is 2.28. The molecule has 1 aromatic carbocycles. The Hall–Kier alpha value is -1.32. The van der Waals surface area contributed by atoms with Crippen LogP contribution in [0.1, 0.15) is 37.9 Å². The summed E-state index contributed by atoms with van der Waals surface area (Å²) in [5.41, 5.74) is 0.815. The van der Waals surface area contributed by atoms with Crippen molar-refractivity contribution in [2.75, 3.05) is 12.9 Å². The number of aliphatic hydroxyl groups is 1. The van der Waals surface area contributed by atoms with Crippen LogP contribution in [0.25, 0.3) is 0 Å². The van der Waals surface area contributed by atoms with Gasteiger partial charge >= 0.3 is 0 Å². The monoisotopic (exact) mass is 323 g/mol. The van der Waals surface area contributed by atoms with Crippen LogP contribution >= 0.6 is 11.6 Å². The first-order valence-electron chi connectivity index (χ1n) is 7.69. The van der Waals surface area contributed by atoms with Gasteiger partial charge in [-0.2, -0.15) is 0 Å². The Morgan fingerprint density at radius 1 is 1.41 bits per heavy atom. The first-order valence-corrected chi connectivity index (χ1v) is 8.22. The van der Waals surface area contributed by atoms with Crippen LogP contribution < -0.4 is 0 Å². The molecule has 1 rings (SSSR count). The summed E-state index contributed by atoms with van der Waals surface area (Å²) in [6.07, 6.45) is 3.24. The van der Waals surface area contributed by atoms with Crippen molar-refractivity contribution >= 4 is 17.5 Å². The SMILES string of the molecule is C=CC[C@H](CCCCl)C(=O)N(C)[C@H](C)C(O)c1ccccc1. The van der Waals surface area contributed by atoms with Crippen LogP contribution in [-0.2, 0) is 4.79 Å². The number of nitrogens with zero attached hydrogens (tertiary/aromatic N) is 1. The molecule has 122 valence electrons. The molecule has 0 aliphatic carbocycles. The van der Waals surface area contributed by atoms with E-state index in [1.165, 1.54) is 0 Å². The minimum atomic E-state index is -0.701. The summed E-state index contributed by atoms with van der Waals surface area (Å²) in [6.45, 7) is 5.59. The summed E-state index contributed by atoms with van der Waals surface area (Å²) in [4.78, 5) is 14.3. The minimum Gasteiger partial charge on any atom is -0.386 e. The average molecular weight is 324 g/mol. The van der Waals surface area contributed by atoms with Crippen molar-refractivity contribution < 1.29 is 9.90 Å². The van der Waals surface area contributed by atoms with E-state index >= 15 is 0 Å². The smallest absolute Gasteiger partial charge is 0.226 e. The molecule has 0 radical (unpaired) electrons. The Labute approximate surface area is 138 Å². The number of carbonyl (C=O) groups is 1. The molecule has 1 amide bonds. The maximum atomic E-state index is 12.6. The van der Waals surface area contributed by atoms with E-state index in [1.807, 2.05) is 37.3 Å². The van der Waals surface area contributed by atoms with Crippen LogP contribution in [-0.4, -0.2) is 34.9 Å². The summed E-state index contributed by atoms with van der Waals surface area (Å²) in [5, 5.41) is 10.5. The highest BCUT2D eigenvalue weighted by atomic mass is 35.5. The molecule has 3 nitrogen and oxygen atoms in total. The van der Waals surface area contributed by atoms with E-state index in [0.717, 1.165) is 18.4 Å². The number of hydrogen-bond acceptors (Lipinski definition) is 2. The van der Waals surface area contributed by atoms with E-state index < -0.39 is 6.10 Å². The van der Waals surface area contributed by atoms with Gasteiger partial charge in [-0.05, 0) is 31.7 Å². The van der Waals surface area contributed by atoms with Crippen molar-refractivity contribution in [1.82, 2.24) is 4.90 Å². The molecule has 0 spiro atoms. The molecule has 1 N–H and O–H groups in total. The number of halogens is 1. The third-order valence-corrected chi connectivity index (χ3v) is 4.31. The Balaban J connectivity index is 2.76. The summed E-state index contributed by atoms with van der Waals surface area (Å²) < 4.78 is 0. The van der Waals surface area contributed by atoms with Crippen molar-refractivity contribution in [3.8, 4) is 0 Å². The van der Waals surface area contributed by atoms with Crippen molar-refractivity contribution in [2.45, 2.75) is 38.3 Å². The summed E-state index contributed by atoms with van der Waals surface area (Å²) >= 11 is 5.73. The molecule has 0 saturated heterocycles. The fraction of sp³-hybridized carbons (Fsp3) is 0.500. The zero-order valence-corrected chi connectivity index (χ0v) is 14.2. The van der Waals surface area contributed by atoms with Crippen LogP contribution in [0.4, 0.5) is 0 Å². The molecule has 0 aromatic heterocycles. The van der Waals surface area contributed by atoms with Crippen LogP contribution in [0.3, 0.4) is 0 Å². The number of amides is 1. The number of carbonyl (C=O) groups excluding carboxylic acids is 1. The maximum Gasteiger partial charge on any atom is 0.226 e.